The molecule has 2 aromatic carbocycles. The van der Waals surface area contributed by atoms with Crippen molar-refractivity contribution in [3.05, 3.63) is 64.7 Å². The van der Waals surface area contributed by atoms with Crippen LogP contribution in [0.4, 0.5) is 5.69 Å². The van der Waals surface area contributed by atoms with Gasteiger partial charge in [0.1, 0.15) is 0 Å². The van der Waals surface area contributed by atoms with Crippen molar-refractivity contribution >= 4 is 40.2 Å². The van der Waals surface area contributed by atoms with E-state index in [4.69, 9.17) is 4.74 Å². The summed E-state index contributed by atoms with van der Waals surface area (Å²) in [5.74, 6) is -1.79. The highest BCUT2D eigenvalue weighted by Crippen LogP contribution is 2.24. The minimum atomic E-state index is -1.04. The van der Waals surface area contributed by atoms with Gasteiger partial charge in [0.2, 0.25) is 0 Å². The number of hydrogen-bond acceptors (Lipinski definition) is 6. The Labute approximate surface area is 169 Å². The lowest BCUT2D eigenvalue weighted by molar-refractivity contribution is -0.119. The third-order valence-corrected chi connectivity index (χ3v) is 4.98. The van der Waals surface area contributed by atoms with Crippen molar-refractivity contribution in [3.8, 4) is 0 Å². The van der Waals surface area contributed by atoms with Crippen LogP contribution in [-0.2, 0) is 26.1 Å². The second-order valence-electron chi connectivity index (χ2n) is 6.47. The molecular formula is C20H18N2O6S. The predicted molar refractivity (Wildman–Crippen MR) is 106 cm³/mol. The zero-order chi connectivity index (χ0) is 21.1. The van der Waals surface area contributed by atoms with Crippen molar-refractivity contribution < 1.29 is 28.1 Å². The second-order valence-corrected chi connectivity index (χ2v) is 7.91. The largest absolute Gasteiger partial charge is 0.452 e. The van der Waals surface area contributed by atoms with Crippen LogP contribution in [0.1, 0.15) is 36.6 Å². The van der Waals surface area contributed by atoms with Crippen LogP contribution in [0.5, 0.6) is 0 Å². The van der Waals surface area contributed by atoms with Gasteiger partial charge in [0, 0.05) is 35.5 Å². The summed E-state index contributed by atoms with van der Waals surface area (Å²) in [6, 6.07) is 10.9. The molecule has 0 radical (unpaired) electrons. The first-order valence-electron chi connectivity index (χ1n) is 8.58. The van der Waals surface area contributed by atoms with Crippen molar-refractivity contribution in [2.45, 2.75) is 5.75 Å². The van der Waals surface area contributed by atoms with Gasteiger partial charge in [-0.25, -0.2) is 4.79 Å². The van der Waals surface area contributed by atoms with Crippen LogP contribution in [-0.4, -0.2) is 52.7 Å². The molecule has 29 heavy (non-hydrogen) atoms. The molecule has 0 saturated heterocycles. The number of ether oxygens (including phenoxy) is 1. The average molecular weight is 414 g/mol. The summed E-state index contributed by atoms with van der Waals surface area (Å²) in [6.45, 7) is -0.521. The smallest absolute Gasteiger partial charge is 0.338 e. The Morgan fingerprint density at radius 3 is 2.52 bits per heavy atom. The van der Waals surface area contributed by atoms with E-state index in [0.717, 1.165) is 10.5 Å². The minimum absolute atomic E-state index is 0.206. The van der Waals surface area contributed by atoms with Gasteiger partial charge in [-0.3, -0.25) is 23.5 Å². The molecule has 0 saturated carbocycles. The van der Waals surface area contributed by atoms with Crippen LogP contribution < -0.4 is 5.32 Å². The molecule has 0 spiro atoms. The van der Waals surface area contributed by atoms with Crippen molar-refractivity contribution in [2.75, 3.05) is 25.2 Å². The van der Waals surface area contributed by atoms with Crippen LogP contribution in [0.2, 0.25) is 0 Å². The third kappa shape index (κ3) is 4.57. The predicted octanol–water partition coefficient (Wildman–Crippen LogP) is 1.59. The molecule has 0 bridgehead atoms. The Hall–Kier alpha value is -3.33. The van der Waals surface area contributed by atoms with E-state index in [1.165, 1.54) is 25.2 Å². The van der Waals surface area contributed by atoms with E-state index in [0.29, 0.717) is 11.4 Å². The summed E-state index contributed by atoms with van der Waals surface area (Å²) in [4.78, 5) is 49.1. The molecule has 0 aromatic heterocycles. The number of nitrogens with zero attached hydrogens (tertiary/aromatic N) is 1. The van der Waals surface area contributed by atoms with E-state index >= 15 is 0 Å². The lowest BCUT2D eigenvalue weighted by Crippen LogP contribution is -2.24. The molecule has 3 rings (SSSR count). The Morgan fingerprint density at radius 1 is 1.07 bits per heavy atom. The molecule has 0 fully saturated rings. The van der Waals surface area contributed by atoms with Gasteiger partial charge in [-0.05, 0) is 35.9 Å². The standard InChI is InChI=1S/C20H18N2O6S/c1-22-18(24)15-7-6-14(9-16(15)19(22)25)21-17(23)10-28-20(26)13-5-3-4-12(8-13)11-29(2)27/h3-9H,10-11H2,1-2H3,(H,21,23). The highest BCUT2D eigenvalue weighted by atomic mass is 32.2. The maximum Gasteiger partial charge on any atom is 0.338 e. The van der Waals surface area contributed by atoms with Crippen LogP contribution in [0, 0.1) is 0 Å². The fraction of sp³-hybridized carbons (Fsp3) is 0.200. The van der Waals surface area contributed by atoms with E-state index in [1.54, 1.807) is 30.5 Å². The summed E-state index contributed by atoms with van der Waals surface area (Å²) < 4.78 is 16.3. The number of carbonyl (C=O) groups excluding carboxylic acids is 4. The molecule has 0 aliphatic carbocycles. The molecule has 1 aliphatic rings. The van der Waals surface area contributed by atoms with Gasteiger partial charge in [-0.1, -0.05) is 12.1 Å². The normalized spacial score (nSPS) is 13.8. The topological polar surface area (TPSA) is 110 Å². The fourth-order valence-corrected chi connectivity index (χ4v) is 3.52. The average Bonchev–Trinajstić information content (AvgIpc) is 2.90. The molecule has 1 N–H and O–H groups in total. The van der Waals surface area contributed by atoms with E-state index in [2.05, 4.69) is 5.32 Å². The number of hydrogen-bond donors (Lipinski definition) is 1. The Morgan fingerprint density at radius 2 is 1.79 bits per heavy atom. The zero-order valence-corrected chi connectivity index (χ0v) is 16.6. The number of benzene rings is 2. The number of carbonyl (C=O) groups is 4. The molecule has 150 valence electrons. The van der Waals surface area contributed by atoms with Crippen molar-refractivity contribution in [3.63, 3.8) is 0 Å². The first-order valence-corrected chi connectivity index (χ1v) is 10.3. The van der Waals surface area contributed by atoms with Gasteiger partial charge in [0.05, 0.1) is 16.7 Å². The van der Waals surface area contributed by atoms with Crippen LogP contribution in [0.25, 0.3) is 0 Å². The zero-order valence-electron chi connectivity index (χ0n) is 15.8. The summed E-state index contributed by atoms with van der Waals surface area (Å²) in [6.07, 6.45) is 1.57. The quantitative estimate of drug-likeness (QED) is 0.568. The van der Waals surface area contributed by atoms with Crippen LogP contribution in [0.3, 0.4) is 0 Å². The van der Waals surface area contributed by atoms with Crippen molar-refractivity contribution in [1.29, 1.82) is 0 Å². The number of esters is 1. The van der Waals surface area contributed by atoms with E-state index < -0.39 is 41.1 Å². The highest BCUT2D eigenvalue weighted by Gasteiger charge is 2.32. The van der Waals surface area contributed by atoms with Crippen LogP contribution >= 0.6 is 0 Å². The fourth-order valence-electron chi connectivity index (χ4n) is 2.87. The SMILES string of the molecule is CN1C(=O)c2ccc(NC(=O)COC(=O)c3cccc(CS(C)=O)c3)cc2C1=O. The number of anilines is 1. The van der Waals surface area contributed by atoms with Gasteiger partial charge in [-0.2, -0.15) is 0 Å². The summed E-state index contributed by atoms with van der Waals surface area (Å²) in [5.41, 5.74) is 1.78. The summed E-state index contributed by atoms with van der Waals surface area (Å²) in [5, 5.41) is 2.53. The van der Waals surface area contributed by atoms with E-state index in [9.17, 15) is 23.4 Å². The van der Waals surface area contributed by atoms with Gasteiger partial charge in [0.15, 0.2) is 6.61 Å². The molecular weight excluding hydrogens is 396 g/mol. The first-order chi connectivity index (χ1) is 13.8. The monoisotopic (exact) mass is 414 g/mol. The molecule has 1 aliphatic heterocycles. The first kappa shape index (κ1) is 20.4. The molecule has 2 aromatic rings. The van der Waals surface area contributed by atoms with Gasteiger partial charge >= 0.3 is 5.97 Å². The maximum absolute atomic E-state index is 12.1. The molecule has 1 heterocycles. The lowest BCUT2D eigenvalue weighted by atomic mass is 10.1. The molecule has 3 amide bonds. The molecule has 1 unspecified atom stereocenters. The third-order valence-electron chi connectivity index (χ3n) is 4.24. The number of imide groups is 1. The second kappa shape index (κ2) is 8.36. The summed E-state index contributed by atoms with van der Waals surface area (Å²) in [7, 11) is 0.341. The van der Waals surface area contributed by atoms with Crippen LogP contribution in [0.15, 0.2) is 42.5 Å². The van der Waals surface area contributed by atoms with Gasteiger partial charge in [-0.15, -0.1) is 0 Å². The van der Waals surface area contributed by atoms with Gasteiger partial charge in [0.25, 0.3) is 17.7 Å². The lowest BCUT2D eigenvalue weighted by Gasteiger charge is -2.08. The molecule has 1 atom stereocenters. The number of rotatable bonds is 6. The van der Waals surface area contributed by atoms with Crippen molar-refractivity contribution in [1.82, 2.24) is 4.90 Å². The number of fused-ring (bicyclic) bond motifs is 1. The minimum Gasteiger partial charge on any atom is -0.452 e. The van der Waals surface area contributed by atoms with E-state index in [-0.39, 0.29) is 16.7 Å². The maximum atomic E-state index is 12.1. The molecule has 9 heteroatoms. The Kier molecular flexibility index (Phi) is 5.88. The number of nitrogens with one attached hydrogen (secondary N) is 1. The number of amides is 3. The molecule has 8 nitrogen and oxygen atoms in total. The summed E-state index contributed by atoms with van der Waals surface area (Å²) >= 11 is 0. The highest BCUT2D eigenvalue weighted by molar-refractivity contribution is 7.83. The van der Waals surface area contributed by atoms with Gasteiger partial charge < -0.3 is 10.1 Å². The Balaban J connectivity index is 1.60. The van der Waals surface area contributed by atoms with Crippen molar-refractivity contribution in [2.24, 2.45) is 0 Å². The van der Waals surface area contributed by atoms with E-state index in [1.807, 2.05) is 0 Å². The Bertz CT molecular complexity index is 1050.